The molecule has 0 aromatic heterocycles. The molecule has 0 aliphatic carbocycles. The Morgan fingerprint density at radius 2 is 1.94 bits per heavy atom. The van der Waals surface area contributed by atoms with Gasteiger partial charge in [0.25, 0.3) is 0 Å². The fourth-order valence-electron chi connectivity index (χ4n) is 1.17. The van der Waals surface area contributed by atoms with E-state index in [-0.39, 0.29) is 6.61 Å². The summed E-state index contributed by atoms with van der Waals surface area (Å²) in [6.45, 7) is 0.442. The van der Waals surface area contributed by atoms with E-state index in [1.807, 2.05) is 0 Å². The first-order chi connectivity index (χ1) is 7.43. The van der Waals surface area contributed by atoms with Crippen molar-refractivity contribution in [3.05, 3.63) is 28.2 Å². The highest BCUT2D eigenvalue weighted by molar-refractivity contribution is 9.10. The summed E-state index contributed by atoms with van der Waals surface area (Å²) in [6, 6.07) is 3.63. The number of aliphatic hydroxyl groups is 1. The Balaban J connectivity index is 2.82. The van der Waals surface area contributed by atoms with Crippen LogP contribution in [0, 0.1) is 0 Å². The Labute approximate surface area is 99.6 Å². The quantitative estimate of drug-likeness (QED) is 0.836. The number of hydrogen-bond acceptors (Lipinski definition) is 2. The van der Waals surface area contributed by atoms with Crippen molar-refractivity contribution >= 4 is 21.6 Å². The zero-order chi connectivity index (χ0) is 12.2. The molecule has 0 atom stereocenters. The molecule has 16 heavy (non-hydrogen) atoms. The van der Waals surface area contributed by atoms with Crippen LogP contribution in [-0.2, 0) is 6.18 Å². The standard InChI is InChI=1S/C10H11BrF3NO/c11-8-4-7(10(12,13)14)5-9(6-8)15-2-1-3-16/h4-6,15-16H,1-3H2. The molecule has 0 radical (unpaired) electrons. The third-order valence-electron chi connectivity index (χ3n) is 1.89. The fraction of sp³-hybridized carbons (Fsp3) is 0.400. The molecule has 0 unspecified atom stereocenters. The number of aliphatic hydroxyl groups excluding tert-OH is 1. The smallest absolute Gasteiger partial charge is 0.396 e. The minimum Gasteiger partial charge on any atom is -0.396 e. The second kappa shape index (κ2) is 5.54. The minimum atomic E-state index is -4.35. The van der Waals surface area contributed by atoms with E-state index in [1.165, 1.54) is 0 Å². The molecule has 0 amide bonds. The number of anilines is 1. The van der Waals surface area contributed by atoms with Crippen LogP contribution >= 0.6 is 15.9 Å². The molecule has 0 saturated heterocycles. The number of nitrogens with one attached hydrogen (secondary N) is 1. The molecule has 1 aromatic rings. The van der Waals surface area contributed by atoms with Gasteiger partial charge in [-0.15, -0.1) is 0 Å². The van der Waals surface area contributed by atoms with Crippen molar-refractivity contribution in [3.8, 4) is 0 Å². The number of hydrogen-bond donors (Lipinski definition) is 2. The average molecular weight is 298 g/mol. The van der Waals surface area contributed by atoms with Crippen molar-refractivity contribution in [3.63, 3.8) is 0 Å². The van der Waals surface area contributed by atoms with E-state index in [4.69, 9.17) is 5.11 Å². The minimum absolute atomic E-state index is 0.00707. The third kappa shape index (κ3) is 4.02. The molecule has 0 aliphatic rings. The van der Waals surface area contributed by atoms with Gasteiger partial charge in [-0.25, -0.2) is 0 Å². The average Bonchev–Trinajstić information content (AvgIpc) is 2.16. The highest BCUT2D eigenvalue weighted by Gasteiger charge is 2.30. The number of rotatable bonds is 4. The molecular weight excluding hydrogens is 287 g/mol. The van der Waals surface area contributed by atoms with Crippen LogP contribution in [0.3, 0.4) is 0 Å². The highest BCUT2D eigenvalue weighted by atomic mass is 79.9. The molecule has 0 heterocycles. The van der Waals surface area contributed by atoms with Crippen LogP contribution in [0.25, 0.3) is 0 Å². The van der Waals surface area contributed by atoms with Gasteiger partial charge in [0.05, 0.1) is 5.56 Å². The topological polar surface area (TPSA) is 32.3 Å². The zero-order valence-corrected chi connectivity index (χ0v) is 9.90. The number of alkyl halides is 3. The van der Waals surface area contributed by atoms with Gasteiger partial charge in [0.15, 0.2) is 0 Å². The Bertz CT molecular complexity index is 354. The normalized spacial score (nSPS) is 11.6. The van der Waals surface area contributed by atoms with Crippen LogP contribution in [0.5, 0.6) is 0 Å². The molecule has 0 saturated carbocycles. The number of halogens is 4. The summed E-state index contributed by atoms with van der Waals surface area (Å²) in [7, 11) is 0. The van der Waals surface area contributed by atoms with Crippen LogP contribution in [0.15, 0.2) is 22.7 Å². The van der Waals surface area contributed by atoms with Gasteiger partial charge in [0, 0.05) is 23.3 Å². The first-order valence-corrected chi connectivity index (χ1v) is 5.45. The summed E-state index contributed by atoms with van der Waals surface area (Å²) >= 11 is 3.03. The Morgan fingerprint density at radius 1 is 1.25 bits per heavy atom. The molecule has 0 aliphatic heterocycles. The Morgan fingerprint density at radius 3 is 2.50 bits per heavy atom. The fourth-order valence-corrected chi connectivity index (χ4v) is 1.66. The second-order valence-electron chi connectivity index (χ2n) is 3.23. The summed E-state index contributed by atoms with van der Waals surface area (Å²) in [6.07, 6.45) is -3.86. The lowest BCUT2D eigenvalue weighted by atomic mass is 10.2. The maximum absolute atomic E-state index is 12.4. The summed E-state index contributed by atoms with van der Waals surface area (Å²) in [5.74, 6) is 0. The molecule has 6 heteroatoms. The van der Waals surface area contributed by atoms with E-state index in [9.17, 15) is 13.2 Å². The first kappa shape index (κ1) is 13.3. The van der Waals surface area contributed by atoms with Crippen molar-refractivity contribution in [1.29, 1.82) is 0 Å². The van der Waals surface area contributed by atoms with Gasteiger partial charge in [-0.3, -0.25) is 0 Å². The zero-order valence-electron chi connectivity index (χ0n) is 8.31. The van der Waals surface area contributed by atoms with Crippen LogP contribution < -0.4 is 5.32 Å². The summed E-state index contributed by atoms with van der Waals surface area (Å²) in [4.78, 5) is 0. The van der Waals surface area contributed by atoms with Crippen molar-refractivity contribution in [2.24, 2.45) is 0 Å². The predicted molar refractivity (Wildman–Crippen MR) is 59.3 cm³/mol. The molecule has 2 N–H and O–H groups in total. The van der Waals surface area contributed by atoms with Gasteiger partial charge < -0.3 is 10.4 Å². The monoisotopic (exact) mass is 297 g/mol. The Kier molecular flexibility index (Phi) is 4.61. The van der Waals surface area contributed by atoms with Gasteiger partial charge in [0.2, 0.25) is 0 Å². The van der Waals surface area contributed by atoms with Gasteiger partial charge in [-0.05, 0) is 24.6 Å². The molecular formula is C10H11BrF3NO. The van der Waals surface area contributed by atoms with E-state index in [2.05, 4.69) is 21.2 Å². The highest BCUT2D eigenvalue weighted by Crippen LogP contribution is 2.33. The SMILES string of the molecule is OCCCNc1cc(Br)cc(C(F)(F)F)c1. The van der Waals surface area contributed by atoms with E-state index < -0.39 is 11.7 Å². The molecule has 0 bridgehead atoms. The van der Waals surface area contributed by atoms with Gasteiger partial charge in [-0.1, -0.05) is 15.9 Å². The van der Waals surface area contributed by atoms with E-state index >= 15 is 0 Å². The maximum atomic E-state index is 12.4. The summed E-state index contributed by atoms with van der Waals surface area (Å²) in [5.41, 5.74) is -0.316. The van der Waals surface area contributed by atoms with Crippen molar-refractivity contribution < 1.29 is 18.3 Å². The lowest BCUT2D eigenvalue weighted by Gasteiger charge is -2.11. The Hall–Kier alpha value is -0.750. The molecule has 0 fully saturated rings. The predicted octanol–water partition coefficient (Wildman–Crippen LogP) is 3.26. The van der Waals surface area contributed by atoms with Crippen molar-refractivity contribution in [2.45, 2.75) is 12.6 Å². The summed E-state index contributed by atoms with van der Waals surface area (Å²) in [5, 5.41) is 11.4. The van der Waals surface area contributed by atoms with E-state index in [1.54, 1.807) is 6.07 Å². The molecule has 2 nitrogen and oxygen atoms in total. The van der Waals surface area contributed by atoms with Gasteiger partial charge in [0.1, 0.15) is 0 Å². The molecule has 90 valence electrons. The first-order valence-electron chi connectivity index (χ1n) is 4.66. The third-order valence-corrected chi connectivity index (χ3v) is 2.35. The molecule has 1 aromatic carbocycles. The van der Waals surface area contributed by atoms with Crippen LogP contribution in [-0.4, -0.2) is 18.3 Å². The lowest BCUT2D eigenvalue weighted by molar-refractivity contribution is -0.137. The van der Waals surface area contributed by atoms with Crippen LogP contribution in [0.4, 0.5) is 18.9 Å². The van der Waals surface area contributed by atoms with Gasteiger partial charge in [-0.2, -0.15) is 13.2 Å². The molecule has 0 spiro atoms. The lowest BCUT2D eigenvalue weighted by Crippen LogP contribution is -2.08. The van der Waals surface area contributed by atoms with Crippen molar-refractivity contribution in [1.82, 2.24) is 0 Å². The maximum Gasteiger partial charge on any atom is 0.416 e. The van der Waals surface area contributed by atoms with Crippen molar-refractivity contribution in [2.75, 3.05) is 18.5 Å². The second-order valence-corrected chi connectivity index (χ2v) is 4.15. The summed E-state index contributed by atoms with van der Waals surface area (Å²) < 4.78 is 37.7. The largest absolute Gasteiger partial charge is 0.416 e. The molecule has 1 rings (SSSR count). The number of benzene rings is 1. The van der Waals surface area contributed by atoms with E-state index in [0.717, 1.165) is 12.1 Å². The van der Waals surface area contributed by atoms with Crippen LogP contribution in [0.1, 0.15) is 12.0 Å². The van der Waals surface area contributed by atoms with Crippen LogP contribution in [0.2, 0.25) is 0 Å². The van der Waals surface area contributed by atoms with Gasteiger partial charge >= 0.3 is 6.18 Å². The van der Waals surface area contributed by atoms with E-state index in [0.29, 0.717) is 23.1 Å².